The number of para-hydroxylation sites is 1. The van der Waals surface area contributed by atoms with Gasteiger partial charge >= 0.3 is 178 Å². The summed E-state index contributed by atoms with van der Waals surface area (Å²) in [6, 6.07) is 21.7. The van der Waals surface area contributed by atoms with Gasteiger partial charge in [0, 0.05) is 0 Å². The first-order valence-corrected chi connectivity index (χ1v) is 11.2. The predicted molar refractivity (Wildman–Crippen MR) is 107 cm³/mol. The van der Waals surface area contributed by atoms with Crippen LogP contribution in [0.1, 0.15) is 0 Å². The summed E-state index contributed by atoms with van der Waals surface area (Å²) in [5, 5.41) is -0.205. The van der Waals surface area contributed by atoms with E-state index in [2.05, 4.69) is 0 Å². The molecule has 1 heterocycles. The molecule has 0 saturated carbocycles. The Labute approximate surface area is 179 Å². The van der Waals surface area contributed by atoms with E-state index in [1.165, 1.54) is 72.8 Å². The van der Waals surface area contributed by atoms with Crippen LogP contribution in [-0.2, 0) is 9.05 Å². The Bertz CT molecular complexity index is 1060. The molecule has 0 spiro atoms. The summed E-state index contributed by atoms with van der Waals surface area (Å²) in [7, 11) is -5.56. The quantitative estimate of drug-likeness (QED) is 0.325. The number of hydrogen-bond acceptors (Lipinski definition) is 3. The van der Waals surface area contributed by atoms with Crippen molar-refractivity contribution in [2.75, 3.05) is 0 Å². The first-order valence-electron chi connectivity index (χ1n) is 9.22. The molecular weight excluding hydrogens is 457 g/mol. The first kappa shape index (κ1) is 22.0. The summed E-state index contributed by atoms with van der Waals surface area (Å²) in [6.07, 6.45) is -11.0. The molecule has 0 bridgehead atoms. The molecule has 0 aromatic heterocycles. The van der Waals surface area contributed by atoms with Gasteiger partial charge in [0.2, 0.25) is 0 Å². The first-order chi connectivity index (χ1) is 15.0. The second-order valence-electron chi connectivity index (χ2n) is 6.79. The molecule has 3 aromatic carbocycles. The van der Waals surface area contributed by atoms with Gasteiger partial charge < -0.3 is 0 Å². The maximum absolute atomic E-state index is 13.8. The van der Waals surface area contributed by atoms with Crippen LogP contribution in [0.5, 0.6) is 5.75 Å². The van der Waals surface area contributed by atoms with Crippen molar-refractivity contribution < 1.29 is 39.9 Å². The van der Waals surface area contributed by atoms with Crippen molar-refractivity contribution >= 4 is 17.9 Å². The van der Waals surface area contributed by atoms with Crippen LogP contribution < -0.4 is 15.1 Å². The van der Waals surface area contributed by atoms with Gasteiger partial charge in [-0.25, -0.2) is 0 Å². The molecule has 4 rings (SSSR count). The minimum atomic E-state index is -5.56. The summed E-state index contributed by atoms with van der Waals surface area (Å²) in [5.74, 6) is -4.60. The fourth-order valence-corrected chi connectivity index (χ4v) is 7.30. The van der Waals surface area contributed by atoms with E-state index >= 15 is 0 Å². The molecule has 0 unspecified atom stereocenters. The van der Waals surface area contributed by atoms with Crippen LogP contribution in [0.15, 0.2) is 103 Å². The zero-order valence-electron chi connectivity index (χ0n) is 16.1. The molecule has 3 nitrogen and oxygen atoms in total. The molecule has 1 aliphatic rings. The van der Waals surface area contributed by atoms with Crippen molar-refractivity contribution in [3.05, 3.63) is 103 Å². The van der Waals surface area contributed by atoms with E-state index in [4.69, 9.17) is 13.6 Å². The molecule has 0 aliphatic carbocycles. The van der Waals surface area contributed by atoms with Crippen molar-refractivity contribution in [3.8, 4) is 5.75 Å². The summed E-state index contributed by atoms with van der Waals surface area (Å²) >= 11 is 0. The molecular formula is C22H15F6O3P. The third-order valence-electron chi connectivity index (χ3n) is 4.65. The van der Waals surface area contributed by atoms with Crippen LogP contribution in [0, 0.1) is 0 Å². The second kappa shape index (κ2) is 7.45. The minimum absolute atomic E-state index is 0.0252. The molecule has 0 radical (unpaired) electrons. The Morgan fingerprint density at radius 2 is 0.875 bits per heavy atom. The summed E-state index contributed by atoms with van der Waals surface area (Å²) in [6.45, 7) is 0. The average molecular weight is 472 g/mol. The van der Waals surface area contributed by atoms with Gasteiger partial charge in [-0.2, -0.15) is 0 Å². The molecule has 3 aromatic rings. The van der Waals surface area contributed by atoms with Gasteiger partial charge in [-0.15, -0.1) is 0 Å². The zero-order valence-corrected chi connectivity index (χ0v) is 17.0. The van der Waals surface area contributed by atoms with Gasteiger partial charge in [0.05, 0.1) is 0 Å². The third-order valence-corrected chi connectivity index (χ3v) is 8.60. The fraction of sp³-hybridized carbons (Fsp3) is 0.0909. The van der Waals surface area contributed by atoms with Gasteiger partial charge in [-0.1, -0.05) is 0 Å². The molecule has 10 heteroatoms. The monoisotopic (exact) mass is 472 g/mol. The Morgan fingerprint density at radius 1 is 0.531 bits per heavy atom. The van der Waals surface area contributed by atoms with E-state index in [0.717, 1.165) is 0 Å². The normalized spacial score (nSPS) is 18.8. The van der Waals surface area contributed by atoms with Gasteiger partial charge in [0.25, 0.3) is 0 Å². The van der Waals surface area contributed by atoms with Gasteiger partial charge in [0.1, 0.15) is 0 Å². The number of hydrogen-bond donors (Lipinski definition) is 0. The number of rotatable bonds is 4. The van der Waals surface area contributed by atoms with Gasteiger partial charge in [0.15, 0.2) is 0 Å². The van der Waals surface area contributed by atoms with Gasteiger partial charge in [-0.3, -0.25) is 0 Å². The molecule has 0 N–H and O–H groups in total. The van der Waals surface area contributed by atoms with E-state index in [1.54, 1.807) is 18.2 Å². The number of allylic oxidation sites excluding steroid dienone is 2. The van der Waals surface area contributed by atoms with Crippen LogP contribution in [0.2, 0.25) is 0 Å². The summed E-state index contributed by atoms with van der Waals surface area (Å²) < 4.78 is 99.7. The topological polar surface area (TPSA) is 27.7 Å². The Morgan fingerprint density at radius 3 is 1.22 bits per heavy atom. The Hall–Kier alpha value is -3.19. The number of halogens is 6. The van der Waals surface area contributed by atoms with Crippen molar-refractivity contribution in [2.45, 2.75) is 12.4 Å². The predicted octanol–water partition coefficient (Wildman–Crippen LogP) is 6.40. The fourth-order valence-electron chi connectivity index (χ4n) is 3.34. The van der Waals surface area contributed by atoms with E-state index < -0.39 is 31.2 Å². The van der Waals surface area contributed by atoms with Crippen molar-refractivity contribution in [1.82, 2.24) is 0 Å². The second-order valence-corrected chi connectivity index (χ2v) is 10.1. The molecule has 0 atom stereocenters. The molecule has 0 amide bonds. The average Bonchev–Trinajstić information content (AvgIpc) is 3.15. The van der Waals surface area contributed by atoms with E-state index in [0.29, 0.717) is 0 Å². The number of alkyl halides is 6. The standard InChI is InChI=1S/C22H15F6O3P/c23-21(24,25)19-20(22(26,27)28)31-32(30-19,17-12-6-2-7-13-17,18-14-8-3-9-15-18)29-16-10-4-1-5-11-16/h1-15H. The van der Waals surface area contributed by atoms with E-state index in [9.17, 15) is 26.3 Å². The van der Waals surface area contributed by atoms with Crippen LogP contribution in [0.4, 0.5) is 26.3 Å². The van der Waals surface area contributed by atoms with Crippen molar-refractivity contribution in [3.63, 3.8) is 0 Å². The molecule has 168 valence electrons. The van der Waals surface area contributed by atoms with Crippen LogP contribution in [0.3, 0.4) is 0 Å². The van der Waals surface area contributed by atoms with Crippen LogP contribution in [-0.4, -0.2) is 12.4 Å². The Balaban J connectivity index is 2.08. The number of benzene rings is 3. The van der Waals surface area contributed by atoms with Crippen molar-refractivity contribution in [2.24, 2.45) is 0 Å². The summed E-state index contributed by atoms with van der Waals surface area (Å²) in [4.78, 5) is 0. The molecule has 0 fully saturated rings. The van der Waals surface area contributed by atoms with E-state index in [1.807, 2.05) is 0 Å². The summed E-state index contributed by atoms with van der Waals surface area (Å²) in [5.41, 5.74) is 0. The zero-order chi connectivity index (χ0) is 23.1. The Kier molecular flexibility index (Phi) is 5.12. The third kappa shape index (κ3) is 3.56. The van der Waals surface area contributed by atoms with Crippen LogP contribution >= 0.6 is 7.28 Å². The van der Waals surface area contributed by atoms with Crippen LogP contribution in [0.25, 0.3) is 0 Å². The maximum atomic E-state index is 13.8. The van der Waals surface area contributed by atoms with Crippen molar-refractivity contribution in [1.29, 1.82) is 0 Å². The molecule has 32 heavy (non-hydrogen) atoms. The molecule has 1 aliphatic heterocycles. The van der Waals surface area contributed by atoms with E-state index in [-0.39, 0.29) is 16.4 Å². The molecule has 0 saturated heterocycles. The SMILES string of the molecule is FC(F)(F)C1=C(C(F)(F)F)OP(Oc2ccccc2)(c2ccccc2)(c2ccccc2)O1. The van der Waals surface area contributed by atoms with Gasteiger partial charge in [-0.05, 0) is 0 Å².